The second kappa shape index (κ2) is 8.62. The van der Waals surface area contributed by atoms with Crippen LogP contribution in [-0.4, -0.2) is 28.4 Å². The summed E-state index contributed by atoms with van der Waals surface area (Å²) in [5, 5.41) is 0. The van der Waals surface area contributed by atoms with Gasteiger partial charge in [0, 0.05) is 30.9 Å². The number of aromatic nitrogens is 1. The third-order valence-electron chi connectivity index (χ3n) is 4.81. The van der Waals surface area contributed by atoms with Crippen molar-refractivity contribution in [2.45, 2.75) is 51.0 Å². The van der Waals surface area contributed by atoms with Crippen molar-refractivity contribution in [3.05, 3.63) is 66.0 Å². The Balaban J connectivity index is 1.53. The number of likely N-dealkylation sites (tertiary alicyclic amines) is 1. The molecule has 1 amide bonds. The number of carbonyl (C=O) groups excluding carboxylic acids is 1. The molecule has 0 aliphatic carbocycles. The van der Waals surface area contributed by atoms with Crippen LogP contribution in [0.2, 0.25) is 0 Å². The number of amides is 1. The number of aryl methyl sites for hydroxylation is 1. The summed E-state index contributed by atoms with van der Waals surface area (Å²) in [5.41, 5.74) is 2.40. The number of nitrogens with zero attached hydrogens (tertiary/aromatic N) is 2. The fourth-order valence-corrected chi connectivity index (χ4v) is 3.54. The van der Waals surface area contributed by atoms with Gasteiger partial charge in [0.15, 0.2) is 0 Å². The molecular formula is C21H26N2O. The highest BCUT2D eigenvalue weighted by molar-refractivity contribution is 5.76. The van der Waals surface area contributed by atoms with E-state index in [1.807, 2.05) is 30.5 Å². The van der Waals surface area contributed by atoms with E-state index in [2.05, 4.69) is 34.1 Å². The Morgan fingerprint density at radius 2 is 1.92 bits per heavy atom. The maximum absolute atomic E-state index is 12.7. The Morgan fingerprint density at radius 3 is 2.71 bits per heavy atom. The number of carbonyl (C=O) groups is 1. The smallest absolute Gasteiger partial charge is 0.222 e. The lowest BCUT2D eigenvalue weighted by Gasteiger charge is -2.36. The molecule has 24 heavy (non-hydrogen) atoms. The van der Waals surface area contributed by atoms with E-state index in [0.29, 0.717) is 18.4 Å². The minimum atomic E-state index is 0.312. The van der Waals surface area contributed by atoms with Crippen LogP contribution in [-0.2, 0) is 17.6 Å². The summed E-state index contributed by atoms with van der Waals surface area (Å²) in [6.45, 7) is 0.917. The molecule has 1 aromatic carbocycles. The summed E-state index contributed by atoms with van der Waals surface area (Å²) in [4.78, 5) is 19.2. The number of hydrogen-bond donors (Lipinski definition) is 0. The molecule has 2 heterocycles. The van der Waals surface area contributed by atoms with Crippen molar-refractivity contribution < 1.29 is 4.79 Å². The molecule has 1 saturated heterocycles. The van der Waals surface area contributed by atoms with E-state index in [0.717, 1.165) is 44.3 Å². The van der Waals surface area contributed by atoms with Gasteiger partial charge in [0.25, 0.3) is 0 Å². The average Bonchev–Trinajstić information content (AvgIpc) is 2.64. The quantitative estimate of drug-likeness (QED) is 0.804. The molecule has 1 aromatic heterocycles. The van der Waals surface area contributed by atoms with Crippen LogP contribution in [0, 0.1) is 0 Å². The fourth-order valence-electron chi connectivity index (χ4n) is 3.54. The normalized spacial score (nSPS) is 17.7. The maximum atomic E-state index is 12.7. The summed E-state index contributed by atoms with van der Waals surface area (Å²) < 4.78 is 0. The number of hydrogen-bond acceptors (Lipinski definition) is 2. The summed E-state index contributed by atoms with van der Waals surface area (Å²) in [7, 11) is 0. The van der Waals surface area contributed by atoms with Gasteiger partial charge in [0.05, 0.1) is 0 Å². The Bertz CT molecular complexity index is 627. The van der Waals surface area contributed by atoms with Gasteiger partial charge in [-0.25, -0.2) is 0 Å². The van der Waals surface area contributed by atoms with E-state index in [9.17, 15) is 4.79 Å². The minimum Gasteiger partial charge on any atom is -0.339 e. The maximum Gasteiger partial charge on any atom is 0.222 e. The summed E-state index contributed by atoms with van der Waals surface area (Å²) in [6, 6.07) is 16.9. The molecule has 3 heteroatoms. The van der Waals surface area contributed by atoms with Gasteiger partial charge in [-0.1, -0.05) is 36.4 Å². The molecule has 1 aliphatic heterocycles. The van der Waals surface area contributed by atoms with Gasteiger partial charge in [-0.3, -0.25) is 9.78 Å². The zero-order chi connectivity index (χ0) is 16.6. The summed E-state index contributed by atoms with van der Waals surface area (Å²) in [6.07, 6.45) is 8.67. The molecule has 0 N–H and O–H groups in total. The largest absolute Gasteiger partial charge is 0.339 e. The Morgan fingerprint density at radius 1 is 1.08 bits per heavy atom. The molecule has 2 aromatic rings. The number of pyridine rings is 1. The van der Waals surface area contributed by atoms with Gasteiger partial charge in [-0.15, -0.1) is 0 Å². The number of piperidine rings is 1. The van der Waals surface area contributed by atoms with Gasteiger partial charge in [0.2, 0.25) is 5.91 Å². The lowest BCUT2D eigenvalue weighted by Crippen LogP contribution is -2.44. The van der Waals surface area contributed by atoms with Crippen LogP contribution in [0.4, 0.5) is 0 Å². The second-order valence-electron chi connectivity index (χ2n) is 6.60. The van der Waals surface area contributed by atoms with Crippen LogP contribution in [0.25, 0.3) is 0 Å². The molecule has 0 saturated carbocycles. The number of benzene rings is 1. The first-order valence-corrected chi connectivity index (χ1v) is 9.06. The van der Waals surface area contributed by atoms with Gasteiger partial charge in [-0.2, -0.15) is 0 Å². The van der Waals surface area contributed by atoms with Crippen molar-refractivity contribution >= 4 is 5.91 Å². The zero-order valence-electron chi connectivity index (χ0n) is 14.2. The second-order valence-corrected chi connectivity index (χ2v) is 6.60. The van der Waals surface area contributed by atoms with Gasteiger partial charge in [0.1, 0.15) is 0 Å². The molecule has 3 rings (SSSR count). The molecule has 1 unspecified atom stereocenters. The van der Waals surface area contributed by atoms with Gasteiger partial charge in [-0.05, 0) is 56.2 Å². The van der Waals surface area contributed by atoms with Crippen molar-refractivity contribution in [3.8, 4) is 0 Å². The van der Waals surface area contributed by atoms with E-state index >= 15 is 0 Å². The van der Waals surface area contributed by atoms with Crippen molar-refractivity contribution in [2.24, 2.45) is 0 Å². The van der Waals surface area contributed by atoms with E-state index in [1.165, 1.54) is 12.0 Å². The molecule has 1 aliphatic rings. The third kappa shape index (κ3) is 4.67. The van der Waals surface area contributed by atoms with Crippen molar-refractivity contribution in [3.63, 3.8) is 0 Å². The zero-order valence-corrected chi connectivity index (χ0v) is 14.2. The Kier molecular flexibility index (Phi) is 6.00. The van der Waals surface area contributed by atoms with Crippen LogP contribution in [0.5, 0.6) is 0 Å². The predicted octanol–water partition coefficient (Wildman–Crippen LogP) is 4.03. The van der Waals surface area contributed by atoms with E-state index in [-0.39, 0.29) is 0 Å². The van der Waals surface area contributed by atoms with Gasteiger partial charge < -0.3 is 4.90 Å². The fraction of sp³-hybridized carbons (Fsp3) is 0.429. The van der Waals surface area contributed by atoms with E-state index in [1.54, 1.807) is 0 Å². The molecule has 0 radical (unpaired) electrons. The van der Waals surface area contributed by atoms with E-state index in [4.69, 9.17) is 0 Å². The molecule has 0 bridgehead atoms. The standard InChI is InChI=1S/C21H26N2O/c24-21(14-8-12-19-11-4-6-15-22-19)23-16-7-5-13-20(23)17-18-9-2-1-3-10-18/h1-4,6,9-11,15,20H,5,7-8,12-14,16-17H2. The highest BCUT2D eigenvalue weighted by Crippen LogP contribution is 2.22. The van der Waals surface area contributed by atoms with Crippen LogP contribution < -0.4 is 0 Å². The topological polar surface area (TPSA) is 33.2 Å². The van der Waals surface area contributed by atoms with Crippen LogP contribution >= 0.6 is 0 Å². The molecule has 1 atom stereocenters. The first-order chi connectivity index (χ1) is 11.8. The van der Waals surface area contributed by atoms with Crippen LogP contribution in [0.3, 0.4) is 0 Å². The van der Waals surface area contributed by atoms with E-state index < -0.39 is 0 Å². The SMILES string of the molecule is O=C(CCCc1ccccn1)N1CCCCC1Cc1ccccc1. The molecule has 126 valence electrons. The molecule has 1 fully saturated rings. The van der Waals surface area contributed by atoms with Crippen molar-refractivity contribution in [1.29, 1.82) is 0 Å². The lowest BCUT2D eigenvalue weighted by molar-refractivity contribution is -0.134. The van der Waals surface area contributed by atoms with Crippen molar-refractivity contribution in [2.75, 3.05) is 6.54 Å². The third-order valence-corrected chi connectivity index (χ3v) is 4.81. The molecule has 0 spiro atoms. The summed E-state index contributed by atoms with van der Waals surface area (Å²) >= 11 is 0. The first-order valence-electron chi connectivity index (χ1n) is 9.06. The molecule has 3 nitrogen and oxygen atoms in total. The lowest BCUT2D eigenvalue weighted by atomic mass is 9.95. The predicted molar refractivity (Wildman–Crippen MR) is 96.7 cm³/mol. The van der Waals surface area contributed by atoms with Crippen molar-refractivity contribution in [1.82, 2.24) is 9.88 Å². The highest BCUT2D eigenvalue weighted by Gasteiger charge is 2.26. The Labute approximate surface area is 144 Å². The monoisotopic (exact) mass is 322 g/mol. The van der Waals surface area contributed by atoms with Gasteiger partial charge >= 0.3 is 0 Å². The summed E-state index contributed by atoms with van der Waals surface area (Å²) in [5.74, 6) is 0.312. The Hall–Kier alpha value is -2.16. The number of rotatable bonds is 6. The highest BCUT2D eigenvalue weighted by atomic mass is 16.2. The van der Waals surface area contributed by atoms with Crippen LogP contribution in [0.1, 0.15) is 43.4 Å². The minimum absolute atomic E-state index is 0.312. The molecular weight excluding hydrogens is 296 g/mol. The first kappa shape index (κ1) is 16.7. The van der Waals surface area contributed by atoms with Crippen LogP contribution in [0.15, 0.2) is 54.7 Å². The average molecular weight is 322 g/mol.